The molecule has 1 fully saturated rings. The molecule has 1 aliphatic rings. The second-order valence-corrected chi connectivity index (χ2v) is 21.3. The highest BCUT2D eigenvalue weighted by Crippen LogP contribution is 2.46. The lowest BCUT2D eigenvalue weighted by molar-refractivity contribution is -0.149. The summed E-state index contributed by atoms with van der Waals surface area (Å²) in [6.07, 6.45) is 1.45. The highest BCUT2D eigenvalue weighted by atomic mass is 32.2. The summed E-state index contributed by atoms with van der Waals surface area (Å²) in [6, 6.07) is 23.3. The van der Waals surface area contributed by atoms with Gasteiger partial charge < -0.3 is 33.7 Å². The summed E-state index contributed by atoms with van der Waals surface area (Å²) in [5.41, 5.74) is -0.0972. The topological polar surface area (TPSA) is 154 Å². The van der Waals surface area contributed by atoms with Gasteiger partial charge in [-0.2, -0.15) is 29.9 Å². The molecule has 3 N–H and O–H groups in total. The molecule has 1 aliphatic heterocycles. The van der Waals surface area contributed by atoms with Gasteiger partial charge in [0.1, 0.15) is 23.7 Å². The average Bonchev–Trinajstić information content (AvgIpc) is 3.62. The van der Waals surface area contributed by atoms with E-state index in [1.807, 2.05) is 82.3 Å². The van der Waals surface area contributed by atoms with E-state index in [4.69, 9.17) is 23.3 Å². The highest BCUT2D eigenvalue weighted by molar-refractivity contribution is 7.98. The number of carbonyl (C=O) groups is 3. The van der Waals surface area contributed by atoms with Crippen molar-refractivity contribution in [3.8, 4) is 5.75 Å². The molecular formula is C53H73F3N3O9PS. The number of aliphatic imine (C=N–C) groups is 1. The van der Waals surface area contributed by atoms with Gasteiger partial charge in [-0.1, -0.05) is 107 Å². The van der Waals surface area contributed by atoms with E-state index >= 15 is 0 Å². The zero-order valence-electron chi connectivity index (χ0n) is 41.8. The molecular weight excluding hydrogens is 943 g/mol. The number of amidine groups is 1. The number of amides is 2. The van der Waals surface area contributed by atoms with Gasteiger partial charge in [0.15, 0.2) is 0 Å². The quantitative estimate of drug-likeness (QED) is 0.0209. The van der Waals surface area contributed by atoms with Crippen LogP contribution in [0.4, 0.5) is 13.2 Å². The first kappa shape index (κ1) is 58.4. The molecule has 0 aromatic heterocycles. The van der Waals surface area contributed by atoms with Crippen LogP contribution in [0.15, 0.2) is 102 Å². The van der Waals surface area contributed by atoms with Gasteiger partial charge in [-0.25, -0.2) is 5.09 Å². The molecule has 1 heterocycles. The maximum absolute atomic E-state index is 13.5. The molecule has 12 nitrogen and oxygen atoms in total. The van der Waals surface area contributed by atoms with E-state index in [0.29, 0.717) is 24.5 Å². The van der Waals surface area contributed by atoms with Crippen molar-refractivity contribution in [2.75, 3.05) is 25.6 Å². The van der Waals surface area contributed by atoms with Gasteiger partial charge >= 0.3 is 20.7 Å². The Kier molecular flexibility index (Phi) is 24.0. The Bertz CT molecular complexity index is 2110. The number of nitrogens with zero attached hydrogens (tertiary/aromatic N) is 1. The van der Waals surface area contributed by atoms with Crippen LogP contribution in [0.25, 0.3) is 0 Å². The van der Waals surface area contributed by atoms with Crippen molar-refractivity contribution in [1.82, 2.24) is 10.4 Å². The van der Waals surface area contributed by atoms with Crippen molar-refractivity contribution in [2.24, 2.45) is 27.7 Å². The Morgan fingerprint density at radius 2 is 1.63 bits per heavy atom. The van der Waals surface area contributed by atoms with Crippen molar-refractivity contribution >= 4 is 43.9 Å². The zero-order valence-corrected chi connectivity index (χ0v) is 43.5. The third-order valence-electron chi connectivity index (χ3n) is 12.2. The molecule has 4 rings (SSSR count). The number of benzene rings is 3. The fraction of sp³-hybridized carbons (Fsp3) is 0.547. The summed E-state index contributed by atoms with van der Waals surface area (Å²) < 4.78 is 69.2. The zero-order chi connectivity index (χ0) is 51.3. The Morgan fingerprint density at radius 3 is 2.26 bits per heavy atom. The first-order valence-electron chi connectivity index (χ1n) is 24.1. The number of unbranched alkanes of at least 4 members (excludes halogenated alkanes) is 2. The molecule has 17 heteroatoms. The predicted molar refractivity (Wildman–Crippen MR) is 271 cm³/mol. The Balaban J connectivity index is 1.42. The van der Waals surface area contributed by atoms with E-state index < -0.39 is 49.9 Å². The van der Waals surface area contributed by atoms with Crippen LogP contribution < -0.4 is 14.9 Å². The number of hydrogen-bond acceptors (Lipinski definition) is 11. The molecule has 0 aliphatic carbocycles. The van der Waals surface area contributed by atoms with Crippen LogP contribution >= 0.6 is 20.3 Å². The third-order valence-corrected chi connectivity index (χ3v) is 14.6. The summed E-state index contributed by atoms with van der Waals surface area (Å²) in [7, 11) is -1.91. The molecule has 6 unspecified atom stereocenters. The number of hydrogen-bond donors (Lipinski definition) is 3. The monoisotopic (exact) mass is 1020 g/mol. The molecule has 3 aromatic carbocycles. The molecule has 70 heavy (non-hydrogen) atoms. The molecule has 0 saturated carbocycles. The minimum atomic E-state index is -4.34. The molecule has 0 spiro atoms. The number of esters is 1. The molecule has 1 saturated heterocycles. The maximum atomic E-state index is 13.5. The van der Waals surface area contributed by atoms with Crippen LogP contribution in [0.2, 0.25) is 0 Å². The Hall–Kier alpha value is -4.15. The van der Waals surface area contributed by atoms with E-state index in [1.165, 1.54) is 19.1 Å². The van der Waals surface area contributed by atoms with Gasteiger partial charge in [0, 0.05) is 24.5 Å². The number of halogens is 3. The number of alkyl halides is 3. The smallest absolute Gasteiger partial charge is 0.416 e. The standard InChI is InChI=1S/C53H73F3N3O9PS/c1-9-43(25-28-47(57-40(6)60)58-48(61)31-51(7,8)29-17-12-18-30-70-34-42-23-26-44(27-24-42)53(54,55)56)38(4)52(35-64-32-41-19-13-10-14-20-41)36-65-46(49(52)62)33-66-69(68-45-21-15-11-16-22-45)59-39(5)50(63)67-37(2)3/h10-11,13-16,19-28,37-39,43,46,49,59,62H,9,12,17-18,29-36H2,1-8H3,(H,57,58,60,61)/b28-25-/t38?,39?,43?,46?,49-,52?,69?/m0/s1. The number of aliphatic hydroxyl groups is 1. The minimum absolute atomic E-state index is 0.0655. The minimum Gasteiger partial charge on any atom is -0.462 e. The number of thioether (sulfide) groups is 1. The van der Waals surface area contributed by atoms with Gasteiger partial charge in [-0.05, 0) is 105 Å². The normalized spacial score (nSPS) is 19.5. The van der Waals surface area contributed by atoms with Crippen LogP contribution in [0.1, 0.15) is 111 Å². The average molecular weight is 1020 g/mol. The first-order chi connectivity index (χ1) is 33.2. The number of rotatable bonds is 28. The van der Waals surface area contributed by atoms with Crippen LogP contribution in [-0.2, 0) is 51.7 Å². The van der Waals surface area contributed by atoms with E-state index in [-0.39, 0.29) is 67.2 Å². The van der Waals surface area contributed by atoms with Gasteiger partial charge in [-0.3, -0.25) is 14.4 Å². The Labute approximate surface area is 418 Å². The third kappa shape index (κ3) is 19.8. The molecule has 2 amide bonds. The largest absolute Gasteiger partial charge is 0.462 e. The fourth-order valence-electron chi connectivity index (χ4n) is 8.11. The number of aliphatic hydroxyl groups excluding tert-OH is 1. The summed E-state index contributed by atoms with van der Waals surface area (Å²) in [5.74, 6) is 0.517. The van der Waals surface area contributed by atoms with Gasteiger partial charge in [-0.15, -0.1) is 0 Å². The summed E-state index contributed by atoms with van der Waals surface area (Å²) in [6.45, 7) is 15.2. The summed E-state index contributed by atoms with van der Waals surface area (Å²) in [4.78, 5) is 42.9. The van der Waals surface area contributed by atoms with Crippen LogP contribution in [-0.4, -0.2) is 78.7 Å². The van der Waals surface area contributed by atoms with Crippen molar-refractivity contribution in [3.05, 3.63) is 114 Å². The molecule has 386 valence electrons. The van der Waals surface area contributed by atoms with Crippen molar-refractivity contribution in [2.45, 2.75) is 137 Å². The van der Waals surface area contributed by atoms with Crippen LogP contribution in [0.3, 0.4) is 0 Å². The van der Waals surface area contributed by atoms with Crippen molar-refractivity contribution in [1.29, 1.82) is 0 Å². The molecule has 7 atom stereocenters. The van der Waals surface area contributed by atoms with Gasteiger partial charge in [0.05, 0.1) is 44.2 Å². The molecule has 3 aromatic rings. The van der Waals surface area contributed by atoms with Gasteiger partial charge in [0.2, 0.25) is 11.8 Å². The second kappa shape index (κ2) is 28.8. The highest BCUT2D eigenvalue weighted by Gasteiger charge is 2.54. The predicted octanol–water partition coefficient (Wildman–Crippen LogP) is 11.4. The summed E-state index contributed by atoms with van der Waals surface area (Å²) >= 11 is 1.68. The van der Waals surface area contributed by atoms with Crippen LogP contribution in [0, 0.1) is 22.7 Å². The van der Waals surface area contributed by atoms with E-state index in [1.54, 1.807) is 50.7 Å². The summed E-state index contributed by atoms with van der Waals surface area (Å²) in [5, 5.41) is 18.1. The molecule has 0 bridgehead atoms. The lowest BCUT2D eigenvalue weighted by atomic mass is 9.67. The number of para-hydroxylation sites is 1. The van der Waals surface area contributed by atoms with E-state index in [0.717, 1.165) is 54.7 Å². The Morgan fingerprint density at radius 1 is 0.957 bits per heavy atom. The maximum Gasteiger partial charge on any atom is 0.416 e. The fourth-order valence-corrected chi connectivity index (χ4v) is 10.3. The first-order valence-corrected chi connectivity index (χ1v) is 26.4. The van der Waals surface area contributed by atoms with Crippen molar-refractivity contribution < 1.29 is 55.9 Å². The van der Waals surface area contributed by atoms with Crippen LogP contribution in [0.5, 0.6) is 5.75 Å². The SMILES string of the molecule is CCC(/C=C\C(=NC(=O)CC(C)(C)CCCCCSCc1ccc(C(F)(F)F)cc1)NC(C)=O)C(C)C1(COCc2ccccc2)COC(COP(NC(C)C(=O)OC(C)C)Oc2ccccc2)[C@@H]1O. The number of allylic oxidation sites excluding steroid dienone is 1. The second-order valence-electron chi connectivity index (χ2n) is 19.0. The number of nitrogens with one attached hydrogen (secondary N) is 2. The van der Waals surface area contributed by atoms with E-state index in [2.05, 4.69) is 15.4 Å². The number of carbonyl (C=O) groups excluding carboxylic acids is 3. The molecule has 0 radical (unpaired) electrons. The number of ether oxygens (including phenoxy) is 3. The van der Waals surface area contributed by atoms with E-state index in [9.17, 15) is 32.7 Å². The lowest BCUT2D eigenvalue weighted by Gasteiger charge is -2.40. The van der Waals surface area contributed by atoms with Gasteiger partial charge in [0.25, 0.3) is 0 Å². The lowest BCUT2D eigenvalue weighted by Crippen LogP contribution is -2.49. The van der Waals surface area contributed by atoms with Crippen molar-refractivity contribution in [3.63, 3.8) is 0 Å².